The number of halogens is 2. The van der Waals surface area contributed by atoms with Crippen LogP contribution < -0.4 is 5.32 Å². The Labute approximate surface area is 163 Å². The Morgan fingerprint density at radius 3 is 2.92 bits per heavy atom. The molecular formula is C16H22Cl2N6S. The van der Waals surface area contributed by atoms with Crippen molar-refractivity contribution in [1.29, 1.82) is 0 Å². The molecule has 3 aromatic heterocycles. The molecule has 3 aromatic rings. The topological polar surface area (TPSA) is 71.4 Å². The molecule has 136 valence electrons. The molecule has 1 fully saturated rings. The highest BCUT2D eigenvalue weighted by molar-refractivity contribution is 7.98. The zero-order chi connectivity index (χ0) is 15.6. The Morgan fingerprint density at radius 1 is 1.24 bits per heavy atom. The monoisotopic (exact) mass is 400 g/mol. The van der Waals surface area contributed by atoms with Crippen LogP contribution in [0.2, 0.25) is 0 Å². The van der Waals surface area contributed by atoms with Crippen LogP contribution in [0.5, 0.6) is 0 Å². The number of aromatic amines is 1. The molecule has 0 radical (unpaired) electrons. The fourth-order valence-electron chi connectivity index (χ4n) is 3.07. The third-order valence-corrected chi connectivity index (χ3v) is 5.40. The minimum atomic E-state index is 0. The van der Waals surface area contributed by atoms with E-state index in [1.54, 1.807) is 11.8 Å². The van der Waals surface area contributed by atoms with E-state index in [1.807, 2.05) is 12.3 Å². The summed E-state index contributed by atoms with van der Waals surface area (Å²) < 4.78 is 2.13. The summed E-state index contributed by atoms with van der Waals surface area (Å²) in [5.41, 5.74) is 1.99. The van der Waals surface area contributed by atoms with Crippen LogP contribution >= 0.6 is 36.6 Å². The Balaban J connectivity index is 0.00000113. The van der Waals surface area contributed by atoms with Gasteiger partial charge in [-0.05, 0) is 37.6 Å². The first-order valence-electron chi connectivity index (χ1n) is 7.97. The molecule has 25 heavy (non-hydrogen) atoms. The minimum absolute atomic E-state index is 0. The molecular weight excluding hydrogens is 379 g/mol. The van der Waals surface area contributed by atoms with Gasteiger partial charge in [0.1, 0.15) is 11.5 Å². The molecule has 2 N–H and O–H groups in total. The zero-order valence-electron chi connectivity index (χ0n) is 13.9. The standard InChI is InChI=1S/C16H20N6S.2ClH/c1-22-15(12-3-2-7-17-9-12)20-21-16(22)23-10-13-5-4-11-6-8-18-14(11)19-13;;/h4-6,8,12,17H,2-3,7,9-10H2,1H3,(H,18,19);2*1H. The molecule has 0 spiro atoms. The molecule has 1 aliphatic rings. The molecule has 1 atom stereocenters. The maximum absolute atomic E-state index is 4.63. The number of thioether (sulfide) groups is 1. The van der Waals surface area contributed by atoms with Crippen molar-refractivity contribution in [1.82, 2.24) is 30.0 Å². The number of piperidine rings is 1. The van der Waals surface area contributed by atoms with E-state index < -0.39 is 0 Å². The van der Waals surface area contributed by atoms with Crippen molar-refractivity contribution in [3.63, 3.8) is 0 Å². The predicted molar refractivity (Wildman–Crippen MR) is 106 cm³/mol. The third-order valence-electron chi connectivity index (χ3n) is 4.35. The number of hydrogen-bond donors (Lipinski definition) is 2. The van der Waals surface area contributed by atoms with Gasteiger partial charge in [-0.1, -0.05) is 11.8 Å². The molecule has 4 heterocycles. The maximum Gasteiger partial charge on any atom is 0.191 e. The number of nitrogens with zero attached hydrogens (tertiary/aromatic N) is 4. The second kappa shape index (κ2) is 8.89. The maximum atomic E-state index is 4.63. The normalized spacial score (nSPS) is 17.1. The summed E-state index contributed by atoms with van der Waals surface area (Å²) in [6, 6.07) is 6.21. The number of H-pyrrole nitrogens is 1. The number of nitrogens with one attached hydrogen (secondary N) is 2. The van der Waals surface area contributed by atoms with Gasteiger partial charge < -0.3 is 14.9 Å². The van der Waals surface area contributed by atoms with Crippen molar-refractivity contribution >= 4 is 47.6 Å². The van der Waals surface area contributed by atoms with Crippen molar-refractivity contribution in [2.75, 3.05) is 13.1 Å². The molecule has 1 saturated heterocycles. The summed E-state index contributed by atoms with van der Waals surface area (Å²) >= 11 is 1.69. The Morgan fingerprint density at radius 2 is 2.12 bits per heavy atom. The van der Waals surface area contributed by atoms with Crippen LogP contribution in [-0.4, -0.2) is 37.8 Å². The SMILES string of the molecule is Cl.Cl.Cn1c(SCc2ccc3cc[nH]c3n2)nnc1C1CCCNC1. The number of hydrogen-bond acceptors (Lipinski definition) is 5. The first-order valence-corrected chi connectivity index (χ1v) is 8.95. The largest absolute Gasteiger partial charge is 0.346 e. The molecule has 9 heteroatoms. The van der Waals surface area contributed by atoms with Crippen LogP contribution in [0.25, 0.3) is 11.0 Å². The van der Waals surface area contributed by atoms with Crippen LogP contribution in [0.1, 0.15) is 30.3 Å². The Hall–Kier alpha value is -1.28. The number of aromatic nitrogens is 5. The first kappa shape index (κ1) is 20.0. The Bertz CT molecular complexity index is 812. The molecule has 0 bridgehead atoms. The van der Waals surface area contributed by atoms with Crippen molar-refractivity contribution in [2.45, 2.75) is 29.7 Å². The second-order valence-electron chi connectivity index (χ2n) is 5.95. The van der Waals surface area contributed by atoms with Crippen molar-refractivity contribution in [2.24, 2.45) is 7.05 Å². The number of fused-ring (bicyclic) bond motifs is 1. The molecule has 0 aromatic carbocycles. The van der Waals surface area contributed by atoms with Crippen molar-refractivity contribution < 1.29 is 0 Å². The summed E-state index contributed by atoms with van der Waals surface area (Å²) in [5.74, 6) is 2.36. The molecule has 1 aliphatic heterocycles. The van der Waals surface area contributed by atoms with E-state index in [2.05, 4.69) is 49.2 Å². The van der Waals surface area contributed by atoms with E-state index >= 15 is 0 Å². The summed E-state index contributed by atoms with van der Waals surface area (Å²) in [6.07, 6.45) is 4.32. The summed E-state index contributed by atoms with van der Waals surface area (Å²) in [7, 11) is 2.06. The number of pyridine rings is 1. The smallest absolute Gasteiger partial charge is 0.191 e. The van der Waals surface area contributed by atoms with E-state index in [-0.39, 0.29) is 24.8 Å². The van der Waals surface area contributed by atoms with Crippen LogP contribution in [0, 0.1) is 0 Å². The first-order chi connectivity index (χ1) is 11.3. The highest BCUT2D eigenvalue weighted by Crippen LogP contribution is 2.26. The van der Waals surface area contributed by atoms with Gasteiger partial charge in [-0.15, -0.1) is 35.0 Å². The van der Waals surface area contributed by atoms with Gasteiger partial charge in [0.2, 0.25) is 0 Å². The molecule has 1 unspecified atom stereocenters. The lowest BCUT2D eigenvalue weighted by molar-refractivity contribution is 0.436. The van der Waals surface area contributed by atoms with Crippen LogP contribution in [0.15, 0.2) is 29.6 Å². The molecule has 0 amide bonds. The van der Waals surface area contributed by atoms with Gasteiger partial charge in [0.25, 0.3) is 0 Å². The third kappa shape index (κ3) is 4.28. The van der Waals surface area contributed by atoms with E-state index in [0.717, 1.165) is 46.6 Å². The van der Waals surface area contributed by atoms with Crippen LogP contribution in [-0.2, 0) is 12.8 Å². The lowest BCUT2D eigenvalue weighted by Gasteiger charge is -2.21. The zero-order valence-corrected chi connectivity index (χ0v) is 16.4. The van der Waals surface area contributed by atoms with Gasteiger partial charge >= 0.3 is 0 Å². The molecule has 6 nitrogen and oxygen atoms in total. The molecule has 4 rings (SSSR count). The molecule has 0 aliphatic carbocycles. The van der Waals surface area contributed by atoms with E-state index in [1.165, 1.54) is 12.8 Å². The van der Waals surface area contributed by atoms with Crippen molar-refractivity contribution in [3.8, 4) is 0 Å². The van der Waals surface area contributed by atoms with Gasteiger partial charge in [0.15, 0.2) is 5.16 Å². The van der Waals surface area contributed by atoms with E-state index in [9.17, 15) is 0 Å². The van der Waals surface area contributed by atoms with Gasteiger partial charge in [-0.3, -0.25) is 0 Å². The second-order valence-corrected chi connectivity index (χ2v) is 6.89. The predicted octanol–water partition coefficient (Wildman–Crippen LogP) is 3.29. The molecule has 0 saturated carbocycles. The summed E-state index contributed by atoms with van der Waals surface area (Å²) in [4.78, 5) is 7.79. The van der Waals surface area contributed by atoms with E-state index in [0.29, 0.717) is 5.92 Å². The van der Waals surface area contributed by atoms with Gasteiger partial charge in [0.05, 0.1) is 5.69 Å². The lowest BCUT2D eigenvalue weighted by atomic mass is 9.99. The van der Waals surface area contributed by atoms with E-state index in [4.69, 9.17) is 0 Å². The average Bonchev–Trinajstić information content (AvgIpc) is 3.20. The van der Waals surface area contributed by atoms with Crippen molar-refractivity contribution in [3.05, 3.63) is 35.9 Å². The van der Waals surface area contributed by atoms with Gasteiger partial charge in [0, 0.05) is 36.8 Å². The highest BCUT2D eigenvalue weighted by atomic mass is 35.5. The quantitative estimate of drug-likeness (QED) is 0.657. The average molecular weight is 401 g/mol. The summed E-state index contributed by atoms with van der Waals surface area (Å²) in [5, 5.41) is 14.3. The van der Waals surface area contributed by atoms with Crippen LogP contribution in [0.3, 0.4) is 0 Å². The number of rotatable bonds is 4. The highest BCUT2D eigenvalue weighted by Gasteiger charge is 2.21. The fourth-order valence-corrected chi connectivity index (χ4v) is 3.89. The summed E-state index contributed by atoms with van der Waals surface area (Å²) in [6.45, 7) is 2.12. The fraction of sp³-hybridized carbons (Fsp3) is 0.438. The van der Waals surface area contributed by atoms with Gasteiger partial charge in [-0.2, -0.15) is 0 Å². The Kier molecular flexibility index (Phi) is 7.13. The van der Waals surface area contributed by atoms with Crippen LogP contribution in [0.4, 0.5) is 0 Å². The lowest BCUT2D eigenvalue weighted by Crippen LogP contribution is -2.29. The minimum Gasteiger partial charge on any atom is -0.346 e. The van der Waals surface area contributed by atoms with Gasteiger partial charge in [-0.25, -0.2) is 4.98 Å².